The van der Waals surface area contributed by atoms with E-state index in [4.69, 9.17) is 0 Å². The van der Waals surface area contributed by atoms with Gasteiger partial charge < -0.3 is 0 Å². The van der Waals surface area contributed by atoms with E-state index in [0.717, 1.165) is 0 Å². The monoisotopic (exact) mass is 203 g/mol. The first-order chi connectivity index (χ1) is 7.20. The van der Waals surface area contributed by atoms with Gasteiger partial charge in [-0.15, -0.1) is 0 Å². The predicted octanol–water partition coefficient (Wildman–Crippen LogP) is 0.669. The van der Waals surface area contributed by atoms with E-state index >= 15 is 0 Å². The number of hydrogen-bond donors (Lipinski definition) is 0. The van der Waals surface area contributed by atoms with Crippen molar-refractivity contribution < 1.29 is 9.59 Å². The second-order valence-electron chi connectivity index (χ2n) is 5.39. The Morgan fingerprint density at radius 3 is 2.00 bits per heavy atom. The van der Waals surface area contributed by atoms with Crippen LogP contribution in [0.1, 0.15) is 6.42 Å². The molecule has 2 bridgehead atoms. The summed E-state index contributed by atoms with van der Waals surface area (Å²) in [5, 5.41) is 0. The van der Waals surface area contributed by atoms with Crippen LogP contribution in [0.2, 0.25) is 0 Å². The lowest BCUT2D eigenvalue weighted by atomic mass is 9.63. The molecule has 3 heteroatoms. The van der Waals surface area contributed by atoms with Gasteiger partial charge in [-0.05, 0) is 30.1 Å². The third-order valence-electron chi connectivity index (χ3n) is 4.88. The lowest BCUT2D eigenvalue weighted by Gasteiger charge is -2.37. The molecule has 5 aliphatic rings. The van der Waals surface area contributed by atoms with Gasteiger partial charge in [0.2, 0.25) is 11.8 Å². The second kappa shape index (κ2) is 2.18. The molecule has 2 amide bonds. The van der Waals surface area contributed by atoms with Gasteiger partial charge >= 0.3 is 0 Å². The van der Waals surface area contributed by atoms with E-state index in [0.29, 0.717) is 23.7 Å². The fourth-order valence-electron chi connectivity index (χ4n) is 4.11. The molecule has 0 aromatic rings. The molecule has 5 rings (SSSR count). The Labute approximate surface area is 88.1 Å². The SMILES string of the molecule is CN1C(=O)[C@@H]2C3C=CC([C@H]4C[C@@H]34)[C@@H]2C1=O. The molecule has 1 heterocycles. The fourth-order valence-corrected chi connectivity index (χ4v) is 4.11. The Kier molecular flexibility index (Phi) is 1.17. The molecule has 0 aromatic heterocycles. The molecule has 1 saturated heterocycles. The number of allylic oxidation sites excluding steroid dienone is 2. The zero-order chi connectivity index (χ0) is 10.3. The molecule has 1 aliphatic heterocycles. The molecular formula is C12H13NO2. The number of imide groups is 1. The van der Waals surface area contributed by atoms with Crippen molar-refractivity contribution in [1.29, 1.82) is 0 Å². The lowest BCUT2D eigenvalue weighted by Crippen LogP contribution is -2.40. The van der Waals surface area contributed by atoms with Gasteiger partial charge in [0.05, 0.1) is 11.8 Å². The predicted molar refractivity (Wildman–Crippen MR) is 52.5 cm³/mol. The first kappa shape index (κ1) is 8.08. The Morgan fingerprint density at radius 2 is 1.53 bits per heavy atom. The lowest BCUT2D eigenvalue weighted by molar-refractivity contribution is -0.138. The van der Waals surface area contributed by atoms with E-state index in [2.05, 4.69) is 12.2 Å². The molecule has 0 N–H and O–H groups in total. The van der Waals surface area contributed by atoms with Crippen LogP contribution in [-0.2, 0) is 9.59 Å². The summed E-state index contributed by atoms with van der Waals surface area (Å²) in [4.78, 5) is 25.3. The minimum Gasteiger partial charge on any atom is -0.285 e. The van der Waals surface area contributed by atoms with Crippen LogP contribution in [-0.4, -0.2) is 23.8 Å². The van der Waals surface area contributed by atoms with Crippen LogP contribution in [0.5, 0.6) is 0 Å². The highest BCUT2D eigenvalue weighted by molar-refractivity contribution is 6.05. The average Bonchev–Trinajstić information content (AvgIpc) is 3.02. The Hall–Kier alpha value is -1.12. The summed E-state index contributed by atoms with van der Waals surface area (Å²) >= 11 is 0. The third kappa shape index (κ3) is 0.724. The average molecular weight is 203 g/mol. The summed E-state index contributed by atoms with van der Waals surface area (Å²) in [7, 11) is 1.63. The van der Waals surface area contributed by atoms with Gasteiger partial charge in [0.1, 0.15) is 0 Å². The van der Waals surface area contributed by atoms with E-state index < -0.39 is 0 Å². The van der Waals surface area contributed by atoms with Crippen LogP contribution in [0.25, 0.3) is 0 Å². The fraction of sp³-hybridized carbons (Fsp3) is 0.667. The van der Waals surface area contributed by atoms with Gasteiger partial charge in [-0.3, -0.25) is 14.5 Å². The van der Waals surface area contributed by atoms with Crippen molar-refractivity contribution in [3.05, 3.63) is 12.2 Å². The smallest absolute Gasteiger partial charge is 0.233 e. The van der Waals surface area contributed by atoms with Crippen molar-refractivity contribution in [2.24, 2.45) is 35.5 Å². The maximum absolute atomic E-state index is 12.0. The van der Waals surface area contributed by atoms with Crippen molar-refractivity contribution in [3.63, 3.8) is 0 Å². The largest absolute Gasteiger partial charge is 0.285 e. The molecule has 2 saturated carbocycles. The zero-order valence-corrected chi connectivity index (χ0v) is 8.59. The third-order valence-corrected chi connectivity index (χ3v) is 4.88. The number of likely N-dealkylation sites (tertiary alicyclic amines) is 1. The first-order valence-electron chi connectivity index (χ1n) is 5.70. The summed E-state index contributed by atoms with van der Waals surface area (Å²) in [6.07, 6.45) is 5.63. The molecule has 78 valence electrons. The van der Waals surface area contributed by atoms with Gasteiger partial charge in [-0.25, -0.2) is 0 Å². The molecule has 4 aliphatic carbocycles. The summed E-state index contributed by atoms with van der Waals surface area (Å²) in [6, 6.07) is 0. The number of carbonyl (C=O) groups excluding carboxylic acids is 2. The minimum absolute atomic E-state index is 0.0127. The normalized spacial score (nSPS) is 54.6. The van der Waals surface area contributed by atoms with Gasteiger partial charge in [0.25, 0.3) is 0 Å². The van der Waals surface area contributed by atoms with Crippen LogP contribution in [0, 0.1) is 35.5 Å². The number of hydrogen-bond acceptors (Lipinski definition) is 2. The highest BCUT2D eigenvalue weighted by atomic mass is 16.2. The van der Waals surface area contributed by atoms with Crippen LogP contribution in [0.15, 0.2) is 12.2 Å². The first-order valence-corrected chi connectivity index (χ1v) is 5.70. The highest BCUT2D eigenvalue weighted by Crippen LogP contribution is 2.65. The highest BCUT2D eigenvalue weighted by Gasteiger charge is 2.66. The molecule has 6 atom stereocenters. The van der Waals surface area contributed by atoms with Crippen LogP contribution in [0.3, 0.4) is 0 Å². The molecule has 0 aromatic carbocycles. The van der Waals surface area contributed by atoms with Crippen LogP contribution < -0.4 is 0 Å². The Bertz CT molecular complexity index is 378. The van der Waals surface area contributed by atoms with Crippen molar-refractivity contribution in [2.45, 2.75) is 6.42 Å². The van der Waals surface area contributed by atoms with E-state index in [1.54, 1.807) is 7.05 Å². The standard InChI is InChI=1S/C12H13NO2/c1-13-11(14)9-5-2-3-6(8-4-7(5)8)10(9)12(13)15/h2-3,5-10H,4H2,1H3/t5?,6?,7-,8+,9+,10-. The summed E-state index contributed by atoms with van der Waals surface area (Å²) in [5.74, 6) is 2.26. The van der Waals surface area contributed by atoms with Gasteiger partial charge in [-0.1, -0.05) is 12.2 Å². The topological polar surface area (TPSA) is 37.4 Å². The van der Waals surface area contributed by atoms with Crippen LogP contribution >= 0.6 is 0 Å². The summed E-state index contributed by atoms with van der Waals surface area (Å²) < 4.78 is 0. The number of amides is 2. The number of rotatable bonds is 0. The Balaban J connectivity index is 1.86. The molecule has 15 heavy (non-hydrogen) atoms. The van der Waals surface area contributed by atoms with Crippen molar-refractivity contribution >= 4 is 11.8 Å². The van der Waals surface area contributed by atoms with Gasteiger partial charge in [0.15, 0.2) is 0 Å². The van der Waals surface area contributed by atoms with Gasteiger partial charge in [-0.2, -0.15) is 0 Å². The zero-order valence-electron chi connectivity index (χ0n) is 8.59. The van der Waals surface area contributed by atoms with Crippen molar-refractivity contribution in [1.82, 2.24) is 4.90 Å². The maximum atomic E-state index is 12.0. The molecule has 3 fully saturated rings. The van der Waals surface area contributed by atoms with Crippen molar-refractivity contribution in [3.8, 4) is 0 Å². The van der Waals surface area contributed by atoms with Crippen LogP contribution in [0.4, 0.5) is 0 Å². The van der Waals surface area contributed by atoms with E-state index in [1.165, 1.54) is 11.3 Å². The van der Waals surface area contributed by atoms with Crippen molar-refractivity contribution in [2.75, 3.05) is 7.05 Å². The molecule has 0 spiro atoms. The quantitative estimate of drug-likeness (QED) is 0.428. The van der Waals surface area contributed by atoms with E-state index in [1.807, 2.05) is 0 Å². The number of nitrogens with zero attached hydrogens (tertiary/aromatic N) is 1. The molecule has 0 radical (unpaired) electrons. The molecule has 2 unspecified atom stereocenters. The Morgan fingerprint density at radius 1 is 1.07 bits per heavy atom. The number of carbonyl (C=O) groups is 2. The minimum atomic E-state index is -0.0127. The van der Waals surface area contributed by atoms with Gasteiger partial charge in [0, 0.05) is 7.05 Å². The summed E-state index contributed by atoms with van der Waals surface area (Å²) in [6.45, 7) is 0. The van der Waals surface area contributed by atoms with E-state index in [-0.39, 0.29) is 23.7 Å². The molecule has 3 nitrogen and oxygen atoms in total. The van der Waals surface area contributed by atoms with E-state index in [9.17, 15) is 9.59 Å². The summed E-state index contributed by atoms with van der Waals surface area (Å²) in [5.41, 5.74) is 0. The second-order valence-corrected chi connectivity index (χ2v) is 5.39. The maximum Gasteiger partial charge on any atom is 0.233 e. The molecular weight excluding hydrogens is 190 g/mol.